The predicted molar refractivity (Wildman–Crippen MR) is 200 cm³/mol. The van der Waals surface area contributed by atoms with E-state index in [1.165, 1.54) is 12.1 Å². The van der Waals surface area contributed by atoms with Crippen LogP contribution in [0.25, 0.3) is 0 Å². The van der Waals surface area contributed by atoms with E-state index < -0.39 is 70.9 Å². The highest BCUT2D eigenvalue weighted by Crippen LogP contribution is 2.65. The zero-order valence-electron chi connectivity index (χ0n) is 32.0. The summed E-state index contributed by atoms with van der Waals surface area (Å²) >= 11 is 0. The van der Waals surface area contributed by atoms with Crippen molar-refractivity contribution >= 4 is 43.2 Å². The lowest BCUT2D eigenvalue weighted by molar-refractivity contribution is -0.128. The molecule has 306 valence electrons. The van der Waals surface area contributed by atoms with Crippen LogP contribution in [0, 0.1) is 33.5 Å². The maximum atomic E-state index is 14.0. The van der Waals surface area contributed by atoms with Gasteiger partial charge in [0.25, 0.3) is 0 Å². The molecular weight excluding hydrogens is 778 g/mol. The van der Waals surface area contributed by atoms with Gasteiger partial charge in [-0.2, -0.15) is 30.0 Å². The fourth-order valence-corrected chi connectivity index (χ4v) is 12.4. The van der Waals surface area contributed by atoms with Crippen molar-refractivity contribution in [3.63, 3.8) is 0 Å². The Morgan fingerprint density at radius 2 is 1.11 bits per heavy atom. The highest BCUT2D eigenvalue weighted by molar-refractivity contribution is 7.87. The van der Waals surface area contributed by atoms with Crippen molar-refractivity contribution in [2.24, 2.45) is 43.8 Å². The highest BCUT2D eigenvalue weighted by Gasteiger charge is 2.67. The summed E-state index contributed by atoms with van der Waals surface area (Å²) < 4.78 is 114. The highest BCUT2D eigenvalue weighted by atomic mass is 32.2. The van der Waals surface area contributed by atoms with E-state index in [4.69, 9.17) is 13.8 Å². The van der Waals surface area contributed by atoms with Gasteiger partial charge in [0, 0.05) is 24.8 Å². The quantitative estimate of drug-likeness (QED) is 0.0978. The maximum absolute atomic E-state index is 14.0. The van der Waals surface area contributed by atoms with E-state index >= 15 is 0 Å². The molecule has 0 N–H and O–H groups in total. The topological polar surface area (TPSA) is 164 Å². The molecule has 0 radical (unpaired) electrons. The third kappa shape index (κ3) is 7.81. The Bertz CT molecular complexity index is 2130. The van der Waals surface area contributed by atoms with E-state index in [0.29, 0.717) is 49.1 Å². The third-order valence-electron chi connectivity index (χ3n) is 13.1. The fraction of sp³-hybridized carbons (Fsp3) is 0.590. The average Bonchev–Trinajstić information content (AvgIpc) is 3.64. The summed E-state index contributed by atoms with van der Waals surface area (Å²) in [4.78, 5) is 25.5. The average molecular weight is 825 g/mol. The van der Waals surface area contributed by atoms with Crippen LogP contribution in [0.1, 0.15) is 90.7 Å². The molecule has 4 saturated carbocycles. The van der Waals surface area contributed by atoms with Gasteiger partial charge in [0.2, 0.25) is 0 Å². The van der Waals surface area contributed by atoms with Gasteiger partial charge in [0.15, 0.2) is 5.71 Å². The molecule has 0 aromatic heterocycles. The molecule has 12 nitrogen and oxygen atoms in total. The summed E-state index contributed by atoms with van der Waals surface area (Å²) in [5, 5.41) is 6.87. The first kappa shape index (κ1) is 41.6. The van der Waals surface area contributed by atoms with Gasteiger partial charge in [-0.1, -0.05) is 38.0 Å². The molecule has 0 saturated heterocycles. The zero-order chi connectivity index (χ0) is 41.0. The minimum absolute atomic E-state index is 0.0188. The molecule has 17 heteroatoms. The second-order valence-corrected chi connectivity index (χ2v) is 19.7. The minimum Gasteiger partial charge on any atom is -0.493 e. The number of ether oxygens (including phenoxy) is 2. The van der Waals surface area contributed by atoms with Crippen LogP contribution in [0.15, 0.2) is 58.8 Å². The van der Waals surface area contributed by atoms with Gasteiger partial charge in [-0.3, -0.25) is 18.2 Å². The minimum atomic E-state index is -5.04. The Morgan fingerprint density at radius 3 is 1.48 bits per heavy atom. The number of oxime groups is 2. The molecule has 2 aromatic carbocycles. The predicted octanol–water partition coefficient (Wildman–Crippen LogP) is 7.01. The smallest absolute Gasteiger partial charge is 0.437 e. The Morgan fingerprint density at radius 1 is 0.696 bits per heavy atom. The standard InChI is InChI=1S/C39H47F3N2O10S2/c1-25(43-53-55(47,48)23-37-17-15-28(21-32(37)45)35(37,2)3)26-7-11-30(12-8-26)51-19-6-20-52-31-13-9-27(10-14-31)34(39(40,41)42)44-54-56(49,50)24-38-18-16-29(22-33(38)46)36(38,4)5/h7-14,28-29H,6,15-24H2,1-5H3/b43-25+,44-34-. The molecule has 4 aliphatic carbocycles. The molecule has 0 spiro atoms. The Labute approximate surface area is 325 Å². The fourth-order valence-electron chi connectivity index (χ4n) is 9.34. The molecule has 4 bridgehead atoms. The van der Waals surface area contributed by atoms with Crippen molar-refractivity contribution < 1.29 is 57.6 Å². The number of nitrogens with zero attached hydrogens (tertiary/aromatic N) is 2. The summed E-state index contributed by atoms with van der Waals surface area (Å²) in [6.07, 6.45) is -1.65. The number of Topliss-reactive ketones (excluding diaryl/α,β-unsaturated/α-hetero) is 2. The zero-order valence-corrected chi connectivity index (χ0v) is 33.6. The largest absolute Gasteiger partial charge is 0.493 e. The number of halogens is 3. The van der Waals surface area contributed by atoms with Crippen molar-refractivity contribution in [1.82, 2.24) is 0 Å². The first-order valence-corrected chi connectivity index (χ1v) is 21.7. The number of carbonyl (C=O) groups excluding carboxylic acids is 2. The lowest BCUT2D eigenvalue weighted by atomic mass is 9.70. The van der Waals surface area contributed by atoms with Crippen LogP contribution < -0.4 is 9.47 Å². The molecule has 4 fully saturated rings. The van der Waals surface area contributed by atoms with Gasteiger partial charge in [0.05, 0.1) is 29.8 Å². The third-order valence-corrected chi connectivity index (χ3v) is 15.4. The lowest BCUT2D eigenvalue weighted by Crippen LogP contribution is -2.42. The number of hydrogen-bond acceptors (Lipinski definition) is 12. The van der Waals surface area contributed by atoms with Gasteiger partial charge in [0.1, 0.15) is 34.6 Å². The van der Waals surface area contributed by atoms with Crippen LogP contribution in [-0.2, 0) is 38.4 Å². The van der Waals surface area contributed by atoms with Crippen LogP contribution in [0.3, 0.4) is 0 Å². The lowest BCUT2D eigenvalue weighted by Gasteiger charge is -2.35. The first-order chi connectivity index (χ1) is 26.0. The normalized spacial score (nSPS) is 27.1. The Balaban J connectivity index is 0.961. The van der Waals surface area contributed by atoms with E-state index in [1.807, 2.05) is 27.7 Å². The van der Waals surface area contributed by atoms with Crippen molar-refractivity contribution in [2.75, 3.05) is 24.7 Å². The summed E-state index contributed by atoms with van der Waals surface area (Å²) in [5.74, 6) is -0.400. The number of ketones is 2. The molecule has 56 heavy (non-hydrogen) atoms. The number of hydrogen-bond donors (Lipinski definition) is 0. The van der Waals surface area contributed by atoms with E-state index in [2.05, 4.69) is 14.6 Å². The number of carbonyl (C=O) groups is 2. The van der Waals surface area contributed by atoms with Gasteiger partial charge in [-0.25, -0.2) is 0 Å². The van der Waals surface area contributed by atoms with Gasteiger partial charge < -0.3 is 9.47 Å². The summed E-state index contributed by atoms with van der Waals surface area (Å²) in [5.41, 5.74) is -4.27. The molecule has 4 unspecified atom stereocenters. The number of rotatable bonds is 16. The van der Waals surface area contributed by atoms with Crippen LogP contribution in [0.4, 0.5) is 13.2 Å². The van der Waals surface area contributed by atoms with Crippen LogP contribution in [-0.4, -0.2) is 70.7 Å². The molecule has 0 aliphatic heterocycles. The molecule has 4 atom stereocenters. The number of fused-ring (bicyclic) bond motifs is 4. The SMILES string of the molecule is C/C(=N\OS(=O)(=O)CC12CCC(CC1=O)C2(C)C)c1ccc(OCCCOc2ccc(/C(=N/OS(=O)(=O)CC34CCC(CC3=O)C4(C)C)C(F)(F)F)cc2)cc1. The second kappa shape index (κ2) is 14.7. The Kier molecular flexibility index (Phi) is 11.0. The van der Waals surface area contributed by atoms with E-state index in [0.717, 1.165) is 18.6 Å². The molecule has 0 amide bonds. The first-order valence-electron chi connectivity index (χ1n) is 18.6. The molecule has 6 rings (SSSR count). The van der Waals surface area contributed by atoms with E-state index in [-0.39, 0.29) is 48.8 Å². The van der Waals surface area contributed by atoms with Gasteiger partial charge >= 0.3 is 26.4 Å². The number of benzene rings is 2. The van der Waals surface area contributed by atoms with Crippen molar-refractivity contribution in [3.05, 3.63) is 59.7 Å². The van der Waals surface area contributed by atoms with E-state index in [9.17, 15) is 39.6 Å². The number of alkyl halides is 3. The van der Waals surface area contributed by atoms with Crippen molar-refractivity contribution in [3.8, 4) is 11.5 Å². The summed E-state index contributed by atoms with van der Waals surface area (Å²) in [6, 6.07) is 11.5. The maximum Gasteiger partial charge on any atom is 0.437 e. The van der Waals surface area contributed by atoms with Crippen LogP contribution in [0.5, 0.6) is 11.5 Å². The van der Waals surface area contributed by atoms with Crippen molar-refractivity contribution in [1.29, 1.82) is 0 Å². The molecule has 0 heterocycles. The van der Waals surface area contributed by atoms with E-state index in [1.54, 1.807) is 31.2 Å². The summed E-state index contributed by atoms with van der Waals surface area (Å²) in [7, 11) is -8.75. The molecular formula is C39H47F3N2O10S2. The van der Waals surface area contributed by atoms with Crippen LogP contribution >= 0.6 is 0 Å². The monoisotopic (exact) mass is 824 g/mol. The Hall–Kier alpha value is -3.99. The van der Waals surface area contributed by atoms with Gasteiger partial charge in [-0.15, -0.1) is 0 Å². The van der Waals surface area contributed by atoms with Crippen LogP contribution in [0.2, 0.25) is 0 Å². The second-order valence-electron chi connectivity index (χ2n) is 16.6. The molecule has 4 aliphatic rings. The van der Waals surface area contributed by atoms with Gasteiger partial charge in [-0.05, 0) is 109 Å². The summed E-state index contributed by atoms with van der Waals surface area (Å²) in [6.45, 7) is 9.54. The van der Waals surface area contributed by atoms with Crippen molar-refractivity contribution in [2.45, 2.75) is 85.7 Å². The molecule has 2 aromatic rings.